The fourth-order valence-electron chi connectivity index (χ4n) is 8.89. The van der Waals surface area contributed by atoms with E-state index in [1.807, 2.05) is 20.8 Å². The van der Waals surface area contributed by atoms with Gasteiger partial charge in [-0.15, -0.1) is 0 Å². The van der Waals surface area contributed by atoms with E-state index in [1.54, 1.807) is 57.3 Å². The fraction of sp³-hybridized carbons (Fsp3) is 0.549. The van der Waals surface area contributed by atoms with Gasteiger partial charge in [0, 0.05) is 67.9 Å². The highest BCUT2D eigenvalue weighted by atomic mass is 16.4. The van der Waals surface area contributed by atoms with E-state index in [1.165, 1.54) is 36.3 Å². The van der Waals surface area contributed by atoms with Gasteiger partial charge in [-0.05, 0) is 42.6 Å². The zero-order chi connectivity index (χ0) is 54.8. The number of aromatic nitrogens is 6. The molecular formula is C51H74N14O10. The zero-order valence-electron chi connectivity index (χ0n) is 43.4. The van der Waals surface area contributed by atoms with Crippen LogP contribution in [-0.2, 0) is 64.0 Å². The third-order valence-electron chi connectivity index (χ3n) is 13.2. The van der Waals surface area contributed by atoms with Gasteiger partial charge in [0.15, 0.2) is 0 Å². The van der Waals surface area contributed by atoms with Crippen molar-refractivity contribution < 1.29 is 48.6 Å². The second-order valence-electron chi connectivity index (χ2n) is 20.0. The number of likely N-dealkylation sites (tertiary alicyclic amines) is 1. The Kier molecular flexibility index (Phi) is 22.0. The number of aliphatic hydroxyl groups excluding tert-OH is 1. The number of rotatable bonds is 29. The minimum absolute atomic E-state index is 0.0271. The maximum atomic E-state index is 14.5. The number of carboxylic acids is 1. The van der Waals surface area contributed by atoms with Crippen LogP contribution in [0, 0.1) is 17.8 Å². The van der Waals surface area contributed by atoms with Crippen LogP contribution in [0.4, 0.5) is 0 Å². The molecule has 3 aromatic heterocycles. The first-order valence-corrected chi connectivity index (χ1v) is 25.5. The Bertz CT molecular complexity index is 2470. The average Bonchev–Trinajstić information content (AvgIpc) is 4.24. The Morgan fingerprint density at radius 2 is 1.24 bits per heavy atom. The van der Waals surface area contributed by atoms with Gasteiger partial charge in [0.25, 0.3) is 0 Å². The number of aromatic amines is 3. The number of imidazole rings is 3. The number of carbonyl (C=O) groups excluding carboxylic acids is 7. The van der Waals surface area contributed by atoms with Gasteiger partial charge in [0.2, 0.25) is 41.4 Å². The molecule has 0 saturated carbocycles. The van der Waals surface area contributed by atoms with Crippen LogP contribution >= 0.6 is 0 Å². The first-order chi connectivity index (χ1) is 35.7. The highest BCUT2D eigenvalue weighted by Gasteiger charge is 2.39. The van der Waals surface area contributed by atoms with Gasteiger partial charge in [-0.2, -0.15) is 0 Å². The number of nitrogens with zero attached hydrogens (tertiary/aromatic N) is 4. The molecule has 0 spiro atoms. The summed E-state index contributed by atoms with van der Waals surface area (Å²) in [6.45, 7) is 10.9. The monoisotopic (exact) mass is 1040 g/mol. The molecule has 4 aromatic rings. The van der Waals surface area contributed by atoms with Crippen LogP contribution in [0.15, 0.2) is 67.9 Å². The molecule has 0 aliphatic carbocycles. The van der Waals surface area contributed by atoms with Crippen LogP contribution in [0.25, 0.3) is 0 Å². The highest BCUT2D eigenvalue weighted by molar-refractivity contribution is 5.96. The van der Waals surface area contributed by atoms with Gasteiger partial charge in [-0.1, -0.05) is 78.3 Å². The van der Waals surface area contributed by atoms with E-state index in [2.05, 4.69) is 61.8 Å². The molecule has 4 heterocycles. The molecule has 0 radical (unpaired) electrons. The normalized spacial score (nSPS) is 17.1. The quantitative estimate of drug-likeness (QED) is 0.0339. The molecule has 5 rings (SSSR count). The maximum absolute atomic E-state index is 14.5. The second-order valence-corrected chi connectivity index (χ2v) is 20.0. The number of hydrogen-bond donors (Lipinski definition) is 12. The van der Waals surface area contributed by atoms with Crippen LogP contribution in [0.3, 0.4) is 0 Å². The van der Waals surface area contributed by atoms with Crippen molar-refractivity contribution in [1.82, 2.24) is 66.7 Å². The standard InChI is InChI=1S/C51H74N14O10/c1-7-30(6)44(49(72)62-39(51(74)75)20-34-24-55-27-58-34)64-48(71)43(29(4)5)63-42(67)21-41(66)36(16-28(2)3)59-46(69)38(19-33-23-54-26-57-33)60-45(68)37(17-31-12-9-8-10-13-31)61-47(70)40-14-11-15-65(40)50(73)35(52)18-32-22-53-25-56-32/h8-10,12-13,22-30,35-41,43-44,66H,7,11,14-21,52H2,1-6H3,(H,53,56)(H,54,57)(H,55,58)(H,59,69)(H,60,68)(H,61,70)(H,62,72)(H,63,67)(H,64,71)(H,74,75)/t30-,35-,36+,37-,38-,39-,40-,41-,43-,44-/m0/s1. The van der Waals surface area contributed by atoms with Crippen LogP contribution < -0.4 is 37.6 Å². The number of carbonyl (C=O) groups is 8. The molecule has 1 fully saturated rings. The van der Waals surface area contributed by atoms with Crippen molar-refractivity contribution in [3.63, 3.8) is 0 Å². The van der Waals surface area contributed by atoms with Crippen LogP contribution in [0.2, 0.25) is 0 Å². The number of aliphatic hydroxyl groups is 1. The summed E-state index contributed by atoms with van der Waals surface area (Å²) in [5.41, 5.74) is 8.62. The van der Waals surface area contributed by atoms with Crippen LogP contribution in [0.1, 0.15) is 96.3 Å². The van der Waals surface area contributed by atoms with E-state index in [0.29, 0.717) is 48.5 Å². The van der Waals surface area contributed by atoms with Gasteiger partial charge in [0.1, 0.15) is 36.3 Å². The highest BCUT2D eigenvalue weighted by Crippen LogP contribution is 2.21. The third-order valence-corrected chi connectivity index (χ3v) is 13.2. The van der Waals surface area contributed by atoms with Gasteiger partial charge < -0.3 is 67.7 Å². The summed E-state index contributed by atoms with van der Waals surface area (Å²) in [4.78, 5) is 132. The topological polar surface area (TPSA) is 364 Å². The molecule has 408 valence electrons. The number of carboxylic acid groups (broad SMARTS) is 1. The minimum Gasteiger partial charge on any atom is -0.480 e. The summed E-state index contributed by atoms with van der Waals surface area (Å²) >= 11 is 0. The van der Waals surface area contributed by atoms with Gasteiger partial charge in [0.05, 0.1) is 43.6 Å². The van der Waals surface area contributed by atoms with E-state index >= 15 is 0 Å². The Hall–Kier alpha value is -7.47. The molecular weight excluding hydrogens is 969 g/mol. The minimum atomic E-state index is -1.49. The lowest BCUT2D eigenvalue weighted by Gasteiger charge is -2.31. The first-order valence-electron chi connectivity index (χ1n) is 25.5. The summed E-state index contributed by atoms with van der Waals surface area (Å²) in [6.07, 6.45) is 8.25. The van der Waals surface area contributed by atoms with Gasteiger partial charge >= 0.3 is 5.97 Å². The number of H-pyrrole nitrogens is 3. The molecule has 1 saturated heterocycles. The molecule has 1 aromatic carbocycles. The summed E-state index contributed by atoms with van der Waals surface area (Å²) in [6, 6.07) is -0.149. The van der Waals surface area contributed by atoms with Crippen molar-refractivity contribution >= 4 is 47.3 Å². The van der Waals surface area contributed by atoms with E-state index in [4.69, 9.17) is 5.73 Å². The summed E-state index contributed by atoms with van der Waals surface area (Å²) in [7, 11) is 0. The van der Waals surface area contributed by atoms with Crippen molar-refractivity contribution in [1.29, 1.82) is 0 Å². The van der Waals surface area contributed by atoms with Gasteiger partial charge in [-0.25, -0.2) is 19.7 Å². The van der Waals surface area contributed by atoms with Gasteiger partial charge in [-0.3, -0.25) is 33.6 Å². The maximum Gasteiger partial charge on any atom is 0.326 e. The van der Waals surface area contributed by atoms with Crippen molar-refractivity contribution in [3.05, 3.63) is 90.5 Å². The molecule has 7 amide bonds. The molecule has 24 nitrogen and oxygen atoms in total. The smallest absolute Gasteiger partial charge is 0.326 e. The Balaban J connectivity index is 1.28. The van der Waals surface area contributed by atoms with Crippen molar-refractivity contribution in [2.45, 2.75) is 154 Å². The third kappa shape index (κ3) is 17.6. The fourth-order valence-corrected chi connectivity index (χ4v) is 8.89. The molecule has 1 aliphatic rings. The largest absolute Gasteiger partial charge is 0.480 e. The number of hydrogen-bond acceptors (Lipinski definition) is 13. The lowest BCUT2D eigenvalue weighted by molar-refractivity contribution is -0.142. The molecule has 10 atom stereocenters. The lowest BCUT2D eigenvalue weighted by atomic mass is 9.95. The molecule has 0 unspecified atom stereocenters. The number of amides is 7. The Labute approximate surface area is 435 Å². The molecule has 75 heavy (non-hydrogen) atoms. The lowest BCUT2D eigenvalue weighted by Crippen LogP contribution is -2.60. The van der Waals surface area contributed by atoms with E-state index in [9.17, 15) is 48.6 Å². The molecule has 24 heteroatoms. The number of nitrogens with one attached hydrogen (secondary N) is 9. The average molecular weight is 1040 g/mol. The van der Waals surface area contributed by atoms with Crippen LogP contribution in [-0.4, -0.2) is 153 Å². The van der Waals surface area contributed by atoms with Crippen molar-refractivity contribution in [2.75, 3.05) is 6.54 Å². The van der Waals surface area contributed by atoms with Crippen molar-refractivity contribution in [2.24, 2.45) is 23.5 Å². The first kappa shape index (κ1) is 58.4. The zero-order valence-corrected chi connectivity index (χ0v) is 43.4. The summed E-state index contributed by atoms with van der Waals surface area (Å²) < 4.78 is 0. The summed E-state index contributed by atoms with van der Waals surface area (Å²) in [5.74, 6) is -6.94. The predicted octanol–water partition coefficient (Wildman–Crippen LogP) is -0.0626. The second kappa shape index (κ2) is 28.3. The molecule has 13 N–H and O–H groups in total. The van der Waals surface area contributed by atoms with Crippen LogP contribution in [0.5, 0.6) is 0 Å². The number of nitrogens with two attached hydrogens (primary N) is 1. The predicted molar refractivity (Wildman–Crippen MR) is 273 cm³/mol. The van der Waals surface area contributed by atoms with Crippen molar-refractivity contribution in [3.8, 4) is 0 Å². The molecule has 0 bridgehead atoms. The summed E-state index contributed by atoms with van der Waals surface area (Å²) in [5, 5.41) is 37.9. The van der Waals surface area contributed by atoms with E-state index in [0.717, 1.165) is 0 Å². The Morgan fingerprint density at radius 3 is 1.79 bits per heavy atom. The van der Waals surface area contributed by atoms with E-state index in [-0.39, 0.29) is 38.0 Å². The SMILES string of the molecule is CC[C@H](C)[C@H](NC(=O)[C@@H](NC(=O)C[C@H](O)[C@@H](CC(C)C)NC(=O)[C@H](Cc1cnc[nH]1)NC(=O)[C@H](Cc1ccccc1)NC(=O)[C@@H]1CCCN1C(=O)[C@@H](N)Cc1cnc[nH]1)C(C)C)C(=O)N[C@@H](Cc1cnc[nH]1)C(=O)O. The number of benzene rings is 1. The Morgan fingerprint density at radius 1 is 0.693 bits per heavy atom. The van der Waals surface area contributed by atoms with E-state index < -0.39 is 120 Å². The number of aliphatic carboxylic acids is 1. The molecule has 1 aliphatic heterocycles.